The number of rotatable bonds is 7. The molecule has 0 aliphatic carbocycles. The number of ether oxygens (including phenoxy) is 3. The van der Waals surface area contributed by atoms with Gasteiger partial charge in [0.05, 0.1) is 6.61 Å². The molecular formula is C18H27Cl3N2O6. The van der Waals surface area contributed by atoms with Crippen molar-refractivity contribution in [1.82, 2.24) is 9.80 Å². The molecule has 8 nitrogen and oxygen atoms in total. The quantitative estimate of drug-likeness (QED) is 0.243. The number of halogens is 3. The van der Waals surface area contributed by atoms with Crippen LogP contribution in [0.2, 0.25) is 0 Å². The first-order valence-corrected chi connectivity index (χ1v) is 10.7. The molecule has 3 atom stereocenters. The van der Waals surface area contributed by atoms with Crippen molar-refractivity contribution in [2.45, 2.75) is 55.1 Å². The van der Waals surface area contributed by atoms with Gasteiger partial charge in [0.25, 0.3) is 6.47 Å². The van der Waals surface area contributed by atoms with E-state index in [1.807, 2.05) is 4.90 Å². The molecule has 2 fully saturated rings. The summed E-state index contributed by atoms with van der Waals surface area (Å²) in [6.45, 7) is 6.77. The van der Waals surface area contributed by atoms with Crippen molar-refractivity contribution < 1.29 is 28.6 Å². The summed E-state index contributed by atoms with van der Waals surface area (Å²) < 4.78 is 13.9. The fourth-order valence-corrected chi connectivity index (χ4v) is 4.29. The molecule has 2 saturated heterocycles. The second kappa shape index (κ2) is 9.90. The van der Waals surface area contributed by atoms with E-state index < -0.39 is 27.5 Å². The van der Waals surface area contributed by atoms with Crippen molar-refractivity contribution in [3.8, 4) is 0 Å². The van der Waals surface area contributed by atoms with Crippen molar-refractivity contribution in [2.24, 2.45) is 5.92 Å². The molecule has 166 valence electrons. The van der Waals surface area contributed by atoms with Crippen LogP contribution in [-0.2, 0) is 23.8 Å². The third-order valence-electron chi connectivity index (χ3n) is 5.37. The molecule has 0 aromatic heterocycles. The average Bonchev–Trinajstić information content (AvgIpc) is 3.02. The highest BCUT2D eigenvalue weighted by Crippen LogP contribution is 2.37. The summed E-state index contributed by atoms with van der Waals surface area (Å²) in [5.41, 5.74) is -1.10. The Morgan fingerprint density at radius 3 is 2.41 bits per heavy atom. The van der Waals surface area contributed by atoms with Crippen LogP contribution >= 0.6 is 34.8 Å². The van der Waals surface area contributed by atoms with E-state index in [0.717, 1.165) is 12.8 Å². The van der Waals surface area contributed by atoms with Gasteiger partial charge in [-0.2, -0.15) is 0 Å². The molecule has 0 spiro atoms. The lowest BCUT2D eigenvalue weighted by Gasteiger charge is -2.43. The van der Waals surface area contributed by atoms with Crippen LogP contribution in [0.5, 0.6) is 0 Å². The van der Waals surface area contributed by atoms with Gasteiger partial charge in [0.1, 0.15) is 18.2 Å². The van der Waals surface area contributed by atoms with Gasteiger partial charge in [0.2, 0.25) is 3.79 Å². The topological polar surface area (TPSA) is 85.4 Å². The van der Waals surface area contributed by atoms with E-state index in [1.54, 1.807) is 25.7 Å². The zero-order valence-electron chi connectivity index (χ0n) is 16.7. The molecule has 2 rings (SSSR count). The van der Waals surface area contributed by atoms with E-state index in [0.29, 0.717) is 32.0 Å². The number of alkyl halides is 3. The fourth-order valence-electron chi connectivity index (χ4n) is 4.12. The van der Waals surface area contributed by atoms with Gasteiger partial charge in [0, 0.05) is 19.1 Å². The molecule has 0 aromatic carbocycles. The predicted octanol–water partition coefficient (Wildman–Crippen LogP) is 2.77. The first-order chi connectivity index (χ1) is 13.5. The van der Waals surface area contributed by atoms with Crippen LogP contribution in [0.3, 0.4) is 0 Å². The molecule has 0 bridgehead atoms. The minimum atomic E-state index is -1.68. The number of amides is 1. The number of esters is 1. The van der Waals surface area contributed by atoms with Gasteiger partial charge in [-0.25, -0.2) is 4.79 Å². The normalized spacial score (nSPS) is 23.9. The molecule has 29 heavy (non-hydrogen) atoms. The van der Waals surface area contributed by atoms with Crippen LogP contribution in [0.15, 0.2) is 0 Å². The Hall–Kier alpha value is -0.960. The lowest BCUT2D eigenvalue weighted by Crippen LogP contribution is -2.61. The Balaban J connectivity index is 2.17. The monoisotopic (exact) mass is 472 g/mol. The SMILES string of the molecule is CCOC(=O)[C@@H](N1CCC2CCN(C(=O)OCC(Cl)(Cl)Cl)CC21)C(C)(C)OC=O. The zero-order chi connectivity index (χ0) is 21.8. The van der Waals surface area contributed by atoms with Gasteiger partial charge in [-0.15, -0.1) is 0 Å². The average molecular weight is 474 g/mol. The van der Waals surface area contributed by atoms with Crippen molar-refractivity contribution in [2.75, 3.05) is 32.8 Å². The van der Waals surface area contributed by atoms with E-state index in [9.17, 15) is 14.4 Å². The maximum Gasteiger partial charge on any atom is 0.409 e. The van der Waals surface area contributed by atoms with Crippen molar-refractivity contribution in [3.05, 3.63) is 0 Å². The number of carbonyl (C=O) groups excluding carboxylic acids is 3. The summed E-state index contributed by atoms with van der Waals surface area (Å²) in [6.07, 6.45) is 1.06. The number of nitrogens with zero attached hydrogens (tertiary/aromatic N) is 2. The molecule has 11 heteroatoms. The van der Waals surface area contributed by atoms with Gasteiger partial charge >= 0.3 is 12.1 Å². The van der Waals surface area contributed by atoms with Crippen LogP contribution in [0.4, 0.5) is 4.79 Å². The fraction of sp³-hybridized carbons (Fsp3) is 0.833. The van der Waals surface area contributed by atoms with Crippen molar-refractivity contribution >= 4 is 53.3 Å². The van der Waals surface area contributed by atoms with E-state index >= 15 is 0 Å². The molecule has 2 aliphatic heterocycles. The maximum atomic E-state index is 12.7. The Morgan fingerprint density at radius 2 is 1.83 bits per heavy atom. The Morgan fingerprint density at radius 1 is 1.17 bits per heavy atom. The molecule has 2 unspecified atom stereocenters. The van der Waals surface area contributed by atoms with Crippen LogP contribution < -0.4 is 0 Å². The van der Waals surface area contributed by atoms with E-state index in [-0.39, 0.29) is 19.3 Å². The van der Waals surface area contributed by atoms with Gasteiger partial charge in [0.15, 0.2) is 0 Å². The molecule has 2 aliphatic rings. The van der Waals surface area contributed by atoms with Crippen LogP contribution in [0.1, 0.15) is 33.6 Å². The Bertz CT molecular complexity index is 613. The van der Waals surface area contributed by atoms with Gasteiger partial charge in [-0.05, 0) is 46.1 Å². The van der Waals surface area contributed by atoms with Crippen LogP contribution in [0.25, 0.3) is 0 Å². The smallest absolute Gasteiger partial charge is 0.409 e. The summed E-state index contributed by atoms with van der Waals surface area (Å²) in [5.74, 6) is -0.160. The predicted molar refractivity (Wildman–Crippen MR) is 108 cm³/mol. The highest BCUT2D eigenvalue weighted by atomic mass is 35.6. The van der Waals surface area contributed by atoms with Gasteiger partial charge in [-0.3, -0.25) is 14.5 Å². The highest BCUT2D eigenvalue weighted by molar-refractivity contribution is 6.67. The molecule has 0 N–H and O–H groups in total. The molecular weight excluding hydrogens is 447 g/mol. The van der Waals surface area contributed by atoms with Crippen LogP contribution in [0, 0.1) is 5.92 Å². The largest absolute Gasteiger partial charge is 0.465 e. The number of piperidine rings is 1. The second-order valence-corrected chi connectivity index (χ2v) is 10.2. The van der Waals surface area contributed by atoms with Crippen molar-refractivity contribution in [1.29, 1.82) is 0 Å². The third-order valence-corrected chi connectivity index (χ3v) is 5.70. The second-order valence-electron chi connectivity index (χ2n) is 7.73. The number of hydrogen-bond donors (Lipinski definition) is 0. The maximum absolute atomic E-state index is 12.7. The lowest BCUT2D eigenvalue weighted by molar-refractivity contribution is -0.168. The molecule has 0 radical (unpaired) electrons. The van der Waals surface area contributed by atoms with Crippen LogP contribution in [-0.4, -0.2) is 82.7 Å². The molecule has 1 amide bonds. The summed E-state index contributed by atoms with van der Waals surface area (Å²) >= 11 is 16.9. The van der Waals surface area contributed by atoms with E-state index in [4.69, 9.17) is 49.0 Å². The van der Waals surface area contributed by atoms with Gasteiger partial charge in [-0.1, -0.05) is 34.8 Å². The highest BCUT2D eigenvalue weighted by Gasteiger charge is 2.50. The number of hydrogen-bond acceptors (Lipinski definition) is 7. The van der Waals surface area contributed by atoms with E-state index in [2.05, 4.69) is 0 Å². The Kier molecular flexibility index (Phi) is 8.30. The first-order valence-electron chi connectivity index (χ1n) is 9.52. The summed E-state index contributed by atoms with van der Waals surface area (Å²) in [6, 6.07) is -0.896. The standard InChI is InChI=1S/C18H27Cl3N2O6/c1-4-27-15(25)14(17(2,3)29-11-24)23-8-6-12-5-7-22(9-13(12)23)16(26)28-10-18(19,20)21/h11-14H,4-10H2,1-3H3/t12?,13?,14-/m1/s1. The number of carbonyl (C=O) groups is 3. The minimum absolute atomic E-state index is 0.104. The van der Waals surface area contributed by atoms with Gasteiger partial charge < -0.3 is 19.1 Å². The number of fused-ring (bicyclic) bond motifs is 1. The third kappa shape index (κ3) is 6.26. The minimum Gasteiger partial charge on any atom is -0.465 e. The van der Waals surface area contributed by atoms with Crippen molar-refractivity contribution in [3.63, 3.8) is 0 Å². The molecule has 0 saturated carbocycles. The number of likely N-dealkylation sites (tertiary alicyclic amines) is 2. The molecule has 2 heterocycles. The zero-order valence-corrected chi connectivity index (χ0v) is 19.0. The summed E-state index contributed by atoms with van der Waals surface area (Å²) in [5, 5.41) is 0. The first kappa shape index (κ1) is 24.3. The molecule has 0 aromatic rings. The summed E-state index contributed by atoms with van der Waals surface area (Å²) in [7, 11) is 0. The van der Waals surface area contributed by atoms with E-state index in [1.165, 1.54) is 0 Å². The lowest BCUT2D eigenvalue weighted by atomic mass is 9.90. The Labute approximate surface area is 185 Å². The summed E-state index contributed by atoms with van der Waals surface area (Å²) in [4.78, 5) is 39.7.